The third kappa shape index (κ3) is 3.05. The van der Waals surface area contributed by atoms with Crippen molar-refractivity contribution in [1.29, 1.82) is 0 Å². The number of rotatable bonds is 2. The van der Waals surface area contributed by atoms with Crippen LogP contribution in [0.1, 0.15) is 0 Å². The molecule has 0 saturated carbocycles. The Balaban J connectivity index is 2.40. The Morgan fingerprint density at radius 3 is 2.33 bits per heavy atom. The normalized spacial score (nSPS) is 10.3. The van der Waals surface area contributed by atoms with E-state index in [0.29, 0.717) is 0 Å². The second-order valence-corrected chi connectivity index (χ2v) is 10.1. The minimum atomic E-state index is -0.712. The third-order valence-corrected chi connectivity index (χ3v) is 8.48. The molecule has 15 heavy (non-hydrogen) atoms. The molecule has 3 heteroatoms. The van der Waals surface area contributed by atoms with Gasteiger partial charge in [0.15, 0.2) is 0 Å². The van der Waals surface area contributed by atoms with E-state index < -0.39 is 21.8 Å². The number of halogens is 2. The molecule has 0 aliphatic carbocycles. The van der Waals surface area contributed by atoms with Crippen molar-refractivity contribution in [1.82, 2.24) is 0 Å². The van der Waals surface area contributed by atoms with E-state index in [1.54, 1.807) is 0 Å². The third-order valence-electron chi connectivity index (χ3n) is 2.15. The maximum absolute atomic E-state index is 5.86. The fourth-order valence-corrected chi connectivity index (χ4v) is 5.13. The molecule has 2 radical (unpaired) electrons. The predicted octanol–water partition coefficient (Wildman–Crippen LogP) is 3.65. The van der Waals surface area contributed by atoms with Gasteiger partial charge in [-0.1, -0.05) is 0 Å². The van der Waals surface area contributed by atoms with Gasteiger partial charge in [-0.25, -0.2) is 0 Å². The molecule has 0 N–H and O–H groups in total. The Bertz CT molecular complexity index is 453. The zero-order valence-corrected chi connectivity index (χ0v) is 14.1. The van der Waals surface area contributed by atoms with E-state index in [2.05, 4.69) is 48.4 Å². The fraction of sp³-hybridized carbons (Fsp3) is 0. The van der Waals surface area contributed by atoms with E-state index in [9.17, 15) is 0 Å². The summed E-state index contributed by atoms with van der Waals surface area (Å²) in [6, 6.07) is 16.7. The van der Waals surface area contributed by atoms with Crippen molar-refractivity contribution in [2.75, 3.05) is 0 Å². The van der Waals surface area contributed by atoms with Gasteiger partial charge in [-0.05, 0) is 0 Å². The molecule has 0 nitrogen and oxygen atoms in total. The molecule has 74 valence electrons. The van der Waals surface area contributed by atoms with E-state index in [1.165, 1.54) is 14.2 Å². The van der Waals surface area contributed by atoms with Crippen LogP contribution in [0.25, 0.3) is 11.1 Å². The van der Waals surface area contributed by atoms with Crippen LogP contribution >= 0.6 is 23.6 Å². The Labute approximate surface area is 112 Å². The average Bonchev–Trinajstić information content (AvgIpc) is 2.30. The summed E-state index contributed by atoms with van der Waals surface area (Å²) in [5.74, 6) is 0. The monoisotopic (exact) mass is 474 g/mol. The van der Waals surface area contributed by atoms with Gasteiger partial charge in [0.1, 0.15) is 0 Å². The molecule has 0 atom stereocenters. The van der Waals surface area contributed by atoms with Crippen LogP contribution in [0.5, 0.6) is 0 Å². The molecule has 0 heterocycles. The van der Waals surface area contributed by atoms with Crippen LogP contribution in [0, 0.1) is 0 Å². The van der Waals surface area contributed by atoms with E-state index >= 15 is 0 Å². The summed E-state index contributed by atoms with van der Waals surface area (Å²) in [7, 11) is 0. The van der Waals surface area contributed by atoms with Crippen molar-refractivity contribution in [3.8, 4) is 11.1 Å². The summed E-state index contributed by atoms with van der Waals surface area (Å²) in [4.78, 5) is 0. The van der Waals surface area contributed by atoms with Gasteiger partial charge >= 0.3 is 113 Å². The van der Waals surface area contributed by atoms with E-state index in [0.717, 1.165) is 5.02 Å². The van der Waals surface area contributed by atoms with Crippen molar-refractivity contribution < 1.29 is 0 Å². The summed E-state index contributed by atoms with van der Waals surface area (Å²) in [5.41, 5.74) is 2.50. The van der Waals surface area contributed by atoms with Gasteiger partial charge in [-0.15, -0.1) is 0 Å². The summed E-state index contributed by atoms with van der Waals surface area (Å²) in [6.07, 6.45) is 0. The molecule has 0 bridgehead atoms. The molecule has 0 spiro atoms. The summed E-state index contributed by atoms with van der Waals surface area (Å²) in [5, 5.41) is 0.786. The SMILES string of the molecule is Clc1ccc(-c2ccc[c]([Pb][Br])c2)cc1. The molecular formula is C12H8BrClPb. The molecule has 2 rings (SSSR count). The molecule has 0 fully saturated rings. The number of benzene rings is 2. The van der Waals surface area contributed by atoms with Crippen molar-refractivity contribution in [3.63, 3.8) is 0 Å². The van der Waals surface area contributed by atoms with Crippen LogP contribution in [0.15, 0.2) is 48.5 Å². The van der Waals surface area contributed by atoms with Gasteiger partial charge in [0, 0.05) is 0 Å². The Hall–Kier alpha value is 0.132. The summed E-state index contributed by atoms with van der Waals surface area (Å²) < 4.78 is 1.47. The van der Waals surface area contributed by atoms with Crippen molar-refractivity contribution in [3.05, 3.63) is 53.6 Å². The van der Waals surface area contributed by atoms with Crippen molar-refractivity contribution in [2.45, 2.75) is 0 Å². The first-order valence-electron chi connectivity index (χ1n) is 4.52. The first-order valence-corrected chi connectivity index (χ1v) is 15.3. The van der Waals surface area contributed by atoms with Crippen molar-refractivity contribution >= 4 is 48.5 Å². The molecule has 2 aromatic rings. The van der Waals surface area contributed by atoms with Crippen LogP contribution in [0.3, 0.4) is 0 Å². The first-order chi connectivity index (χ1) is 7.29. The zero-order chi connectivity index (χ0) is 10.7. The maximum atomic E-state index is 5.86. The van der Waals surface area contributed by atoms with Crippen LogP contribution in [0.4, 0.5) is 0 Å². The second-order valence-electron chi connectivity index (χ2n) is 3.18. The van der Waals surface area contributed by atoms with Crippen LogP contribution in [-0.2, 0) is 0 Å². The molecule has 0 saturated heterocycles. The van der Waals surface area contributed by atoms with Gasteiger partial charge in [0.2, 0.25) is 0 Å². The molecule has 2 aromatic carbocycles. The summed E-state index contributed by atoms with van der Waals surface area (Å²) in [6.45, 7) is 0. The number of hydrogen-bond donors (Lipinski definition) is 0. The first kappa shape index (κ1) is 11.6. The van der Waals surface area contributed by atoms with E-state index in [1.807, 2.05) is 12.1 Å². The number of hydrogen-bond acceptors (Lipinski definition) is 0. The van der Waals surface area contributed by atoms with Gasteiger partial charge in [0.05, 0.1) is 0 Å². The fourth-order valence-electron chi connectivity index (χ4n) is 1.40. The van der Waals surface area contributed by atoms with Gasteiger partial charge < -0.3 is 0 Å². The molecule has 0 unspecified atom stereocenters. The quantitative estimate of drug-likeness (QED) is 0.583. The summed E-state index contributed by atoms with van der Waals surface area (Å²) >= 11 is 8.80. The van der Waals surface area contributed by atoms with Crippen LogP contribution < -0.4 is 3.12 Å². The second kappa shape index (κ2) is 5.46. The van der Waals surface area contributed by atoms with Crippen LogP contribution in [-0.4, -0.2) is 21.8 Å². The topological polar surface area (TPSA) is 0 Å². The molecule has 0 aliphatic rings. The molecule has 0 aliphatic heterocycles. The standard InChI is InChI=1S/C12H8Cl.BrH.Pb/c13-12-8-6-11(7-9-12)10-4-2-1-3-5-10;;/h1-2,4-9H;1H;/q;;+1/p-1. The molecule has 0 aromatic heterocycles. The Kier molecular flexibility index (Phi) is 4.23. The van der Waals surface area contributed by atoms with E-state index in [-0.39, 0.29) is 0 Å². The Morgan fingerprint density at radius 2 is 1.67 bits per heavy atom. The Morgan fingerprint density at radius 1 is 0.933 bits per heavy atom. The van der Waals surface area contributed by atoms with Crippen molar-refractivity contribution in [2.24, 2.45) is 0 Å². The van der Waals surface area contributed by atoms with Gasteiger partial charge in [0.25, 0.3) is 0 Å². The average molecular weight is 475 g/mol. The predicted molar refractivity (Wildman–Crippen MR) is 71.2 cm³/mol. The van der Waals surface area contributed by atoms with E-state index in [4.69, 9.17) is 11.6 Å². The molecule has 0 amide bonds. The van der Waals surface area contributed by atoms with Crippen LogP contribution in [0.2, 0.25) is 5.02 Å². The minimum absolute atomic E-state index is 0.712. The molecular weight excluding hydrogens is 467 g/mol. The zero-order valence-electron chi connectivity index (χ0n) is 7.87. The van der Waals surface area contributed by atoms with Gasteiger partial charge in [-0.2, -0.15) is 0 Å². The van der Waals surface area contributed by atoms with Gasteiger partial charge in [-0.3, -0.25) is 0 Å².